The zero-order valence-electron chi connectivity index (χ0n) is 7.37. The second-order valence-corrected chi connectivity index (χ2v) is 3.24. The summed E-state index contributed by atoms with van der Waals surface area (Å²) in [5.41, 5.74) is -1.94. The molecule has 0 spiro atoms. The summed E-state index contributed by atoms with van der Waals surface area (Å²) in [4.78, 5) is 21.3. The monoisotopic (exact) mass is 206 g/mol. The average molecular weight is 207 g/mol. The van der Waals surface area contributed by atoms with Crippen LogP contribution in [0.2, 0.25) is 0 Å². The maximum atomic E-state index is 10.6. The fourth-order valence-electron chi connectivity index (χ4n) is 0.630. The van der Waals surface area contributed by atoms with Gasteiger partial charge in [-0.05, 0) is 19.4 Å². The van der Waals surface area contributed by atoms with E-state index in [0.29, 0.717) is 6.42 Å². The van der Waals surface area contributed by atoms with Crippen LogP contribution < -0.4 is 0 Å². The van der Waals surface area contributed by atoms with Crippen LogP contribution in [-0.4, -0.2) is 22.2 Å². The van der Waals surface area contributed by atoms with Crippen molar-refractivity contribution >= 4 is 23.5 Å². The molecular formula is C8H11ClO4. The molecule has 0 aromatic carbocycles. The lowest BCUT2D eigenvalue weighted by Crippen LogP contribution is -2.34. The predicted octanol–water partition coefficient (Wildman–Crippen LogP) is 1.69. The standard InChI is InChI=1S/C8H11ClO4/c1-3-5(9)4-8(2,6(10)11)7(12)13/h4H,3H2,1-2H3,(H,10,11)(H,12,13). The Morgan fingerprint density at radius 3 is 2.00 bits per heavy atom. The molecule has 2 N–H and O–H groups in total. The first-order valence-corrected chi connectivity index (χ1v) is 4.06. The summed E-state index contributed by atoms with van der Waals surface area (Å²) in [6.07, 6.45) is 1.46. The van der Waals surface area contributed by atoms with Crippen LogP contribution in [0.4, 0.5) is 0 Å². The summed E-state index contributed by atoms with van der Waals surface area (Å²) in [6.45, 7) is 2.80. The quantitative estimate of drug-likeness (QED) is 0.687. The van der Waals surface area contributed by atoms with Crippen LogP contribution in [0.3, 0.4) is 0 Å². The number of aliphatic carboxylic acids is 2. The van der Waals surface area contributed by atoms with Crippen LogP contribution in [-0.2, 0) is 9.59 Å². The molecule has 0 rings (SSSR count). The molecule has 0 unspecified atom stereocenters. The summed E-state index contributed by atoms with van der Waals surface area (Å²) < 4.78 is 0. The normalized spacial score (nSPS) is 12.7. The fourth-order valence-corrected chi connectivity index (χ4v) is 0.848. The van der Waals surface area contributed by atoms with Gasteiger partial charge >= 0.3 is 11.9 Å². The molecule has 13 heavy (non-hydrogen) atoms. The highest BCUT2D eigenvalue weighted by Crippen LogP contribution is 2.23. The van der Waals surface area contributed by atoms with Gasteiger partial charge in [-0.15, -0.1) is 0 Å². The van der Waals surface area contributed by atoms with Gasteiger partial charge in [0.15, 0.2) is 5.41 Å². The van der Waals surface area contributed by atoms with Crippen molar-refractivity contribution in [3.05, 3.63) is 11.1 Å². The second kappa shape index (κ2) is 4.28. The first kappa shape index (κ1) is 12.0. The van der Waals surface area contributed by atoms with Gasteiger partial charge in [0.05, 0.1) is 0 Å². The zero-order chi connectivity index (χ0) is 10.6. The molecule has 0 aliphatic rings. The molecule has 0 heterocycles. The van der Waals surface area contributed by atoms with Crippen molar-refractivity contribution in [2.75, 3.05) is 0 Å². The smallest absolute Gasteiger partial charge is 0.324 e. The largest absolute Gasteiger partial charge is 0.480 e. The third-order valence-electron chi connectivity index (χ3n) is 1.67. The lowest BCUT2D eigenvalue weighted by Gasteiger charge is -2.15. The molecule has 0 radical (unpaired) electrons. The average Bonchev–Trinajstić information content (AvgIpc) is 2.03. The Kier molecular flexibility index (Phi) is 3.94. The molecule has 0 aromatic rings. The topological polar surface area (TPSA) is 74.6 Å². The Morgan fingerprint density at radius 1 is 1.38 bits per heavy atom. The van der Waals surface area contributed by atoms with Crippen molar-refractivity contribution in [2.45, 2.75) is 20.3 Å². The van der Waals surface area contributed by atoms with E-state index in [1.165, 1.54) is 0 Å². The van der Waals surface area contributed by atoms with E-state index in [-0.39, 0.29) is 5.03 Å². The van der Waals surface area contributed by atoms with Crippen molar-refractivity contribution in [2.24, 2.45) is 5.41 Å². The van der Waals surface area contributed by atoms with Crippen molar-refractivity contribution in [1.82, 2.24) is 0 Å². The van der Waals surface area contributed by atoms with Crippen molar-refractivity contribution in [3.8, 4) is 0 Å². The van der Waals surface area contributed by atoms with Crippen molar-refractivity contribution in [3.63, 3.8) is 0 Å². The SMILES string of the molecule is CCC(Cl)=CC(C)(C(=O)O)C(=O)O. The highest BCUT2D eigenvalue weighted by atomic mass is 35.5. The van der Waals surface area contributed by atoms with E-state index >= 15 is 0 Å². The lowest BCUT2D eigenvalue weighted by atomic mass is 9.90. The van der Waals surface area contributed by atoms with E-state index in [0.717, 1.165) is 13.0 Å². The maximum Gasteiger partial charge on any atom is 0.324 e. The van der Waals surface area contributed by atoms with E-state index in [1.807, 2.05) is 0 Å². The Labute approximate surface area is 80.8 Å². The summed E-state index contributed by atoms with van der Waals surface area (Å²) in [6, 6.07) is 0. The minimum absolute atomic E-state index is 0.229. The summed E-state index contributed by atoms with van der Waals surface area (Å²) in [5, 5.41) is 17.6. The van der Waals surface area contributed by atoms with Gasteiger partial charge in [0, 0.05) is 5.03 Å². The maximum absolute atomic E-state index is 10.6. The third kappa shape index (κ3) is 2.73. The number of carboxylic acids is 2. The fraction of sp³-hybridized carbons (Fsp3) is 0.500. The van der Waals surface area contributed by atoms with Crippen LogP contribution in [0, 0.1) is 5.41 Å². The van der Waals surface area contributed by atoms with Crippen molar-refractivity contribution in [1.29, 1.82) is 0 Å². The number of carboxylic acid groups (broad SMARTS) is 2. The molecule has 0 atom stereocenters. The highest BCUT2D eigenvalue weighted by Gasteiger charge is 2.39. The molecule has 0 saturated heterocycles. The number of allylic oxidation sites excluding steroid dienone is 1. The van der Waals surface area contributed by atoms with Gasteiger partial charge in [0.2, 0.25) is 0 Å². The number of hydrogen-bond donors (Lipinski definition) is 2. The van der Waals surface area contributed by atoms with E-state index < -0.39 is 17.4 Å². The Balaban J connectivity index is 5.04. The molecule has 0 aromatic heterocycles. The minimum atomic E-state index is -1.94. The van der Waals surface area contributed by atoms with Crippen LogP contribution in [0.15, 0.2) is 11.1 Å². The van der Waals surface area contributed by atoms with Crippen LogP contribution in [0.25, 0.3) is 0 Å². The first-order valence-electron chi connectivity index (χ1n) is 3.68. The van der Waals surface area contributed by atoms with Gasteiger partial charge in [0.25, 0.3) is 0 Å². The third-order valence-corrected chi connectivity index (χ3v) is 2.05. The van der Waals surface area contributed by atoms with Gasteiger partial charge in [-0.2, -0.15) is 0 Å². The molecular weight excluding hydrogens is 196 g/mol. The van der Waals surface area contributed by atoms with Crippen LogP contribution >= 0.6 is 11.6 Å². The summed E-state index contributed by atoms with van der Waals surface area (Å²) >= 11 is 5.57. The predicted molar refractivity (Wildman–Crippen MR) is 47.6 cm³/mol. The molecule has 0 aliphatic heterocycles. The molecule has 0 fully saturated rings. The Morgan fingerprint density at radius 2 is 1.77 bits per heavy atom. The zero-order valence-corrected chi connectivity index (χ0v) is 8.13. The molecule has 5 heteroatoms. The van der Waals surface area contributed by atoms with Crippen molar-refractivity contribution < 1.29 is 19.8 Å². The molecule has 0 amide bonds. The minimum Gasteiger partial charge on any atom is -0.480 e. The molecule has 0 bridgehead atoms. The van der Waals surface area contributed by atoms with E-state index in [1.54, 1.807) is 6.92 Å². The number of hydrogen-bond acceptors (Lipinski definition) is 2. The van der Waals surface area contributed by atoms with E-state index in [9.17, 15) is 9.59 Å². The first-order chi connectivity index (χ1) is 5.84. The summed E-state index contributed by atoms with van der Waals surface area (Å²) in [5.74, 6) is -2.85. The van der Waals surface area contributed by atoms with Gasteiger partial charge < -0.3 is 10.2 Å². The van der Waals surface area contributed by atoms with E-state index in [4.69, 9.17) is 21.8 Å². The Hall–Kier alpha value is -1.03. The van der Waals surface area contributed by atoms with Crippen LogP contribution in [0.5, 0.6) is 0 Å². The number of rotatable bonds is 4. The number of halogens is 1. The number of carbonyl (C=O) groups is 2. The van der Waals surface area contributed by atoms with Gasteiger partial charge in [-0.1, -0.05) is 18.5 Å². The van der Waals surface area contributed by atoms with Crippen LogP contribution in [0.1, 0.15) is 20.3 Å². The summed E-state index contributed by atoms with van der Waals surface area (Å²) in [7, 11) is 0. The van der Waals surface area contributed by atoms with E-state index in [2.05, 4.69) is 0 Å². The lowest BCUT2D eigenvalue weighted by molar-refractivity contribution is -0.159. The highest BCUT2D eigenvalue weighted by molar-refractivity contribution is 6.30. The second-order valence-electron chi connectivity index (χ2n) is 2.76. The molecule has 0 saturated carbocycles. The molecule has 4 nitrogen and oxygen atoms in total. The van der Waals surface area contributed by atoms with Gasteiger partial charge in [-0.25, -0.2) is 0 Å². The van der Waals surface area contributed by atoms with Gasteiger partial charge in [0.1, 0.15) is 0 Å². The Bertz CT molecular complexity index is 243. The molecule has 74 valence electrons. The molecule has 0 aliphatic carbocycles. The van der Waals surface area contributed by atoms with Gasteiger partial charge in [-0.3, -0.25) is 9.59 Å².